The van der Waals surface area contributed by atoms with Crippen molar-refractivity contribution in [3.8, 4) is 0 Å². The molecule has 0 amide bonds. The Bertz CT molecular complexity index is 211. The zero-order chi connectivity index (χ0) is 8.11. The molecule has 0 aromatic carbocycles. The van der Waals surface area contributed by atoms with Crippen LogP contribution in [-0.4, -0.2) is 35.4 Å². The van der Waals surface area contributed by atoms with E-state index in [1.807, 2.05) is 6.92 Å². The SMILES string of the molecule is CC12COC(C(=O)O)(CN1)C2.Cl. The third kappa shape index (κ3) is 1.11. The van der Waals surface area contributed by atoms with E-state index in [0.29, 0.717) is 19.6 Å². The van der Waals surface area contributed by atoms with Gasteiger partial charge in [0.15, 0.2) is 5.60 Å². The standard InChI is InChI=1S/C7H11NO3.ClH/c1-6-2-7(3-8-6,5(9)10)11-4-6;/h8H,2-4H2,1H3,(H,9,10);1H. The molecule has 0 aliphatic carbocycles. The summed E-state index contributed by atoms with van der Waals surface area (Å²) >= 11 is 0. The zero-order valence-electron chi connectivity index (χ0n) is 6.79. The largest absolute Gasteiger partial charge is 0.479 e. The number of ether oxygens (including phenoxy) is 1. The molecular weight excluding hydrogens is 182 g/mol. The van der Waals surface area contributed by atoms with E-state index < -0.39 is 11.6 Å². The maximum absolute atomic E-state index is 10.8. The molecule has 5 heteroatoms. The third-order valence-corrected chi connectivity index (χ3v) is 2.53. The van der Waals surface area contributed by atoms with E-state index in [4.69, 9.17) is 9.84 Å². The third-order valence-electron chi connectivity index (χ3n) is 2.53. The van der Waals surface area contributed by atoms with Crippen molar-refractivity contribution >= 4 is 18.4 Å². The van der Waals surface area contributed by atoms with Crippen LogP contribution in [0.15, 0.2) is 0 Å². The summed E-state index contributed by atoms with van der Waals surface area (Å²) in [7, 11) is 0. The van der Waals surface area contributed by atoms with E-state index in [9.17, 15) is 4.79 Å². The topological polar surface area (TPSA) is 58.6 Å². The first-order valence-electron chi connectivity index (χ1n) is 3.69. The molecule has 2 fully saturated rings. The summed E-state index contributed by atoms with van der Waals surface area (Å²) in [6.07, 6.45) is 0.593. The second-order valence-electron chi connectivity index (χ2n) is 3.68. The summed E-state index contributed by atoms with van der Waals surface area (Å²) in [4.78, 5) is 10.8. The minimum Gasteiger partial charge on any atom is -0.479 e. The first-order chi connectivity index (χ1) is 5.06. The Balaban J connectivity index is 0.000000720. The molecule has 2 rings (SSSR count). The van der Waals surface area contributed by atoms with Crippen molar-refractivity contribution in [2.24, 2.45) is 0 Å². The Morgan fingerprint density at radius 2 is 2.33 bits per heavy atom. The highest BCUT2D eigenvalue weighted by Crippen LogP contribution is 2.38. The molecule has 0 spiro atoms. The number of morpholine rings is 1. The van der Waals surface area contributed by atoms with Gasteiger partial charge in [0.1, 0.15) is 0 Å². The van der Waals surface area contributed by atoms with Crippen LogP contribution in [0.1, 0.15) is 13.3 Å². The van der Waals surface area contributed by atoms with Crippen LogP contribution in [0.4, 0.5) is 0 Å². The number of carboxylic acid groups (broad SMARTS) is 1. The summed E-state index contributed by atoms with van der Waals surface area (Å²) in [5, 5.41) is 12.0. The average molecular weight is 194 g/mol. The predicted octanol–water partition coefficient (Wildman–Crippen LogP) is 0.0138. The lowest BCUT2D eigenvalue weighted by molar-refractivity contribution is -0.159. The molecule has 2 unspecified atom stereocenters. The van der Waals surface area contributed by atoms with Crippen LogP contribution < -0.4 is 5.32 Å². The molecule has 0 radical (unpaired) electrons. The van der Waals surface area contributed by atoms with Crippen LogP contribution in [0.2, 0.25) is 0 Å². The van der Waals surface area contributed by atoms with Crippen molar-refractivity contribution in [2.75, 3.05) is 13.2 Å². The molecule has 2 bridgehead atoms. The summed E-state index contributed by atoms with van der Waals surface area (Å²) in [6.45, 7) is 2.95. The number of carbonyl (C=O) groups is 1. The number of rotatable bonds is 1. The van der Waals surface area contributed by atoms with Gasteiger partial charge in [0, 0.05) is 18.5 Å². The lowest BCUT2D eigenvalue weighted by Crippen LogP contribution is -2.47. The Labute approximate surface area is 76.7 Å². The number of nitrogens with one attached hydrogen (secondary N) is 1. The Hall–Kier alpha value is -0.320. The zero-order valence-corrected chi connectivity index (χ0v) is 7.61. The fourth-order valence-corrected chi connectivity index (χ4v) is 1.83. The summed E-state index contributed by atoms with van der Waals surface area (Å²) in [5.74, 6) is -0.841. The molecule has 12 heavy (non-hydrogen) atoms. The molecule has 0 aromatic heterocycles. The van der Waals surface area contributed by atoms with E-state index in [2.05, 4.69) is 5.32 Å². The smallest absolute Gasteiger partial charge is 0.337 e. The van der Waals surface area contributed by atoms with Gasteiger partial charge in [0.25, 0.3) is 0 Å². The van der Waals surface area contributed by atoms with Crippen molar-refractivity contribution in [2.45, 2.75) is 24.5 Å². The van der Waals surface area contributed by atoms with Gasteiger partial charge in [0.05, 0.1) is 6.61 Å². The van der Waals surface area contributed by atoms with Gasteiger partial charge in [-0.15, -0.1) is 12.4 Å². The monoisotopic (exact) mass is 193 g/mol. The van der Waals surface area contributed by atoms with Crippen molar-refractivity contribution < 1.29 is 14.6 Å². The first-order valence-corrected chi connectivity index (χ1v) is 3.69. The maximum Gasteiger partial charge on any atom is 0.337 e. The summed E-state index contributed by atoms with van der Waals surface area (Å²) in [5.41, 5.74) is -1.02. The van der Waals surface area contributed by atoms with E-state index in [1.165, 1.54) is 0 Å². The normalized spacial score (nSPS) is 44.1. The number of halogens is 1. The van der Waals surface area contributed by atoms with Gasteiger partial charge >= 0.3 is 5.97 Å². The lowest BCUT2D eigenvalue weighted by Gasteiger charge is -2.24. The molecule has 2 atom stereocenters. The molecular formula is C7H12ClNO3. The van der Waals surface area contributed by atoms with E-state index >= 15 is 0 Å². The Kier molecular flexibility index (Phi) is 2.10. The highest BCUT2D eigenvalue weighted by molar-refractivity contribution is 5.85. The van der Waals surface area contributed by atoms with Crippen LogP contribution in [-0.2, 0) is 9.53 Å². The Morgan fingerprint density at radius 3 is 2.50 bits per heavy atom. The van der Waals surface area contributed by atoms with Crippen molar-refractivity contribution in [1.82, 2.24) is 5.32 Å². The molecule has 4 nitrogen and oxygen atoms in total. The highest BCUT2D eigenvalue weighted by Gasteiger charge is 2.57. The minimum absolute atomic E-state index is 0. The molecule has 2 N–H and O–H groups in total. The molecule has 70 valence electrons. The Morgan fingerprint density at radius 1 is 1.67 bits per heavy atom. The molecule has 2 heterocycles. The lowest BCUT2D eigenvalue weighted by atomic mass is 9.96. The number of fused-ring (bicyclic) bond motifs is 2. The van der Waals surface area contributed by atoms with Crippen molar-refractivity contribution in [3.63, 3.8) is 0 Å². The van der Waals surface area contributed by atoms with Gasteiger partial charge in [-0.25, -0.2) is 4.79 Å². The van der Waals surface area contributed by atoms with Gasteiger partial charge in [-0.05, 0) is 6.92 Å². The fourth-order valence-electron chi connectivity index (χ4n) is 1.83. The number of carboxylic acids is 1. The van der Waals surface area contributed by atoms with Crippen molar-refractivity contribution in [3.05, 3.63) is 0 Å². The molecule has 0 aromatic rings. The van der Waals surface area contributed by atoms with Crippen molar-refractivity contribution in [1.29, 1.82) is 0 Å². The summed E-state index contributed by atoms with van der Waals surface area (Å²) < 4.78 is 5.24. The molecule has 2 saturated heterocycles. The van der Waals surface area contributed by atoms with E-state index in [0.717, 1.165) is 0 Å². The van der Waals surface area contributed by atoms with Crippen LogP contribution in [0.3, 0.4) is 0 Å². The van der Waals surface area contributed by atoms with E-state index in [-0.39, 0.29) is 17.9 Å². The molecule has 0 saturated carbocycles. The van der Waals surface area contributed by atoms with Gasteiger partial charge < -0.3 is 15.2 Å². The number of aliphatic carboxylic acids is 1. The van der Waals surface area contributed by atoms with Crippen LogP contribution in [0.5, 0.6) is 0 Å². The van der Waals surface area contributed by atoms with E-state index in [1.54, 1.807) is 0 Å². The van der Waals surface area contributed by atoms with Gasteiger partial charge in [-0.2, -0.15) is 0 Å². The second kappa shape index (κ2) is 2.58. The number of hydrogen-bond donors (Lipinski definition) is 2. The minimum atomic E-state index is -0.922. The summed E-state index contributed by atoms with van der Waals surface area (Å²) in [6, 6.07) is 0. The molecule has 2 aliphatic rings. The highest BCUT2D eigenvalue weighted by atomic mass is 35.5. The van der Waals surface area contributed by atoms with Crippen LogP contribution in [0.25, 0.3) is 0 Å². The van der Waals surface area contributed by atoms with Gasteiger partial charge in [-0.1, -0.05) is 0 Å². The average Bonchev–Trinajstić information content (AvgIpc) is 2.42. The fraction of sp³-hybridized carbons (Fsp3) is 0.857. The quantitative estimate of drug-likeness (QED) is 0.616. The van der Waals surface area contributed by atoms with Gasteiger partial charge in [-0.3, -0.25) is 0 Å². The predicted molar refractivity (Wildman–Crippen MR) is 44.6 cm³/mol. The van der Waals surface area contributed by atoms with Crippen LogP contribution in [0, 0.1) is 0 Å². The van der Waals surface area contributed by atoms with Crippen LogP contribution >= 0.6 is 12.4 Å². The maximum atomic E-state index is 10.8. The molecule has 2 aliphatic heterocycles. The van der Waals surface area contributed by atoms with Gasteiger partial charge in [0.2, 0.25) is 0 Å². The second-order valence-corrected chi connectivity index (χ2v) is 3.68. The number of hydrogen-bond acceptors (Lipinski definition) is 3. The first kappa shape index (κ1) is 9.77.